The molecule has 0 radical (unpaired) electrons. The van der Waals surface area contributed by atoms with Crippen LogP contribution in [0.1, 0.15) is 5.56 Å². The Hall–Kier alpha value is -1.91. The van der Waals surface area contributed by atoms with Gasteiger partial charge in [-0.25, -0.2) is 0 Å². The van der Waals surface area contributed by atoms with Gasteiger partial charge in [0.1, 0.15) is 18.1 Å². The van der Waals surface area contributed by atoms with Gasteiger partial charge in [0.2, 0.25) is 0 Å². The van der Waals surface area contributed by atoms with Crippen LogP contribution in [0.15, 0.2) is 42.5 Å². The molecular formula is C17H15Cl2NO3. The van der Waals surface area contributed by atoms with Gasteiger partial charge in [0.25, 0.3) is 5.91 Å². The number of carbonyl (C=O) groups is 1. The third kappa shape index (κ3) is 4.09. The first kappa shape index (κ1) is 16.0. The summed E-state index contributed by atoms with van der Waals surface area (Å²) in [6, 6.07) is 12.4. The van der Waals surface area contributed by atoms with Crippen molar-refractivity contribution in [3.8, 4) is 11.5 Å². The molecular weight excluding hydrogens is 337 g/mol. The monoisotopic (exact) mass is 351 g/mol. The van der Waals surface area contributed by atoms with Crippen molar-refractivity contribution < 1.29 is 14.3 Å². The van der Waals surface area contributed by atoms with Crippen molar-refractivity contribution in [1.29, 1.82) is 0 Å². The molecule has 1 amide bonds. The van der Waals surface area contributed by atoms with Gasteiger partial charge in [-0.2, -0.15) is 0 Å². The molecule has 6 heteroatoms. The van der Waals surface area contributed by atoms with E-state index in [1.54, 1.807) is 36.4 Å². The van der Waals surface area contributed by atoms with Crippen molar-refractivity contribution in [3.05, 3.63) is 58.1 Å². The normalized spacial score (nSPS) is 15.7. The van der Waals surface area contributed by atoms with Crippen LogP contribution >= 0.6 is 23.2 Å². The first-order valence-electron chi connectivity index (χ1n) is 7.23. The van der Waals surface area contributed by atoms with E-state index in [4.69, 9.17) is 32.7 Å². The smallest absolute Gasteiger partial charge is 0.261 e. The summed E-state index contributed by atoms with van der Waals surface area (Å²) < 4.78 is 11.1. The molecule has 1 atom stereocenters. The fourth-order valence-corrected chi connectivity index (χ4v) is 2.67. The van der Waals surface area contributed by atoms with E-state index >= 15 is 0 Å². The third-order valence-electron chi connectivity index (χ3n) is 3.47. The maximum Gasteiger partial charge on any atom is 0.261 e. The molecule has 1 heterocycles. The second kappa shape index (κ2) is 7.11. The van der Waals surface area contributed by atoms with Crippen LogP contribution in [0.25, 0.3) is 0 Å². The minimum absolute atomic E-state index is 0.156. The molecule has 0 aromatic heterocycles. The molecule has 0 aliphatic carbocycles. The van der Waals surface area contributed by atoms with Gasteiger partial charge in [-0.15, -0.1) is 0 Å². The number of amides is 1. The summed E-state index contributed by atoms with van der Waals surface area (Å²) >= 11 is 11.7. The number of ether oxygens (including phenoxy) is 2. The Morgan fingerprint density at radius 2 is 1.91 bits per heavy atom. The highest BCUT2D eigenvalue weighted by Gasteiger charge is 2.28. The minimum atomic E-state index is -0.515. The van der Waals surface area contributed by atoms with Crippen LogP contribution in [0, 0.1) is 0 Å². The highest BCUT2D eigenvalue weighted by Crippen LogP contribution is 2.31. The fourth-order valence-electron chi connectivity index (χ4n) is 2.35. The van der Waals surface area contributed by atoms with E-state index in [1.165, 1.54) is 0 Å². The number of fused-ring (bicyclic) bond motifs is 1. The van der Waals surface area contributed by atoms with Gasteiger partial charge < -0.3 is 14.8 Å². The summed E-state index contributed by atoms with van der Waals surface area (Å²) in [6.07, 6.45) is 0.0127. The molecule has 0 saturated carbocycles. The van der Waals surface area contributed by atoms with Crippen molar-refractivity contribution in [2.24, 2.45) is 0 Å². The second-order valence-corrected chi connectivity index (χ2v) is 6.03. The second-order valence-electron chi connectivity index (χ2n) is 5.16. The summed E-state index contributed by atoms with van der Waals surface area (Å²) in [5.74, 6) is 1.27. The van der Waals surface area contributed by atoms with Gasteiger partial charge in [0, 0.05) is 16.5 Å². The Morgan fingerprint density at radius 1 is 1.17 bits per heavy atom. The summed E-state index contributed by atoms with van der Waals surface area (Å²) in [4.78, 5) is 12.1. The van der Waals surface area contributed by atoms with Gasteiger partial charge >= 0.3 is 0 Å². The van der Waals surface area contributed by atoms with Crippen molar-refractivity contribution in [2.45, 2.75) is 12.5 Å². The minimum Gasteiger partial charge on any atom is -0.492 e. The van der Waals surface area contributed by atoms with Crippen LogP contribution in [-0.2, 0) is 11.2 Å². The number of rotatable bonds is 5. The van der Waals surface area contributed by atoms with Crippen LogP contribution < -0.4 is 14.8 Å². The van der Waals surface area contributed by atoms with Crippen LogP contribution in [0.5, 0.6) is 11.5 Å². The molecule has 0 fully saturated rings. The average Bonchev–Trinajstić information content (AvgIpc) is 2.96. The SMILES string of the molecule is O=C(NCCOc1ccc(Cl)cc1)C1Cc2cc(Cl)ccc2O1. The lowest BCUT2D eigenvalue weighted by atomic mass is 10.1. The summed E-state index contributed by atoms with van der Waals surface area (Å²) in [5, 5.41) is 4.11. The highest BCUT2D eigenvalue weighted by atomic mass is 35.5. The number of halogens is 2. The Balaban J connectivity index is 1.43. The zero-order chi connectivity index (χ0) is 16.2. The largest absolute Gasteiger partial charge is 0.492 e. The summed E-state index contributed by atoms with van der Waals surface area (Å²) in [5.41, 5.74) is 0.954. The quantitative estimate of drug-likeness (QED) is 0.838. The molecule has 1 aliphatic rings. The Kier molecular flexibility index (Phi) is 4.94. The van der Waals surface area contributed by atoms with Crippen LogP contribution in [0.3, 0.4) is 0 Å². The predicted octanol–water partition coefficient (Wildman–Crippen LogP) is 3.49. The Labute approximate surface area is 144 Å². The molecule has 1 aliphatic heterocycles. The van der Waals surface area contributed by atoms with E-state index < -0.39 is 6.10 Å². The molecule has 120 valence electrons. The van der Waals surface area contributed by atoms with Crippen molar-refractivity contribution in [2.75, 3.05) is 13.2 Å². The first-order chi connectivity index (χ1) is 11.1. The number of hydrogen-bond acceptors (Lipinski definition) is 3. The van der Waals surface area contributed by atoms with Gasteiger partial charge in [-0.05, 0) is 48.0 Å². The highest BCUT2D eigenvalue weighted by molar-refractivity contribution is 6.30. The number of carbonyl (C=O) groups excluding carboxylic acids is 1. The van der Waals surface area contributed by atoms with Gasteiger partial charge in [-0.1, -0.05) is 23.2 Å². The van der Waals surface area contributed by atoms with Gasteiger partial charge in [0.15, 0.2) is 6.10 Å². The lowest BCUT2D eigenvalue weighted by molar-refractivity contribution is -0.127. The van der Waals surface area contributed by atoms with Crippen molar-refractivity contribution in [1.82, 2.24) is 5.32 Å². The summed E-state index contributed by atoms with van der Waals surface area (Å²) in [7, 11) is 0. The first-order valence-corrected chi connectivity index (χ1v) is 7.98. The molecule has 2 aromatic rings. The fraction of sp³-hybridized carbons (Fsp3) is 0.235. The predicted molar refractivity (Wildman–Crippen MR) is 89.5 cm³/mol. The lowest BCUT2D eigenvalue weighted by Crippen LogP contribution is -2.39. The molecule has 3 rings (SSSR count). The van der Waals surface area contributed by atoms with Crippen LogP contribution in [-0.4, -0.2) is 25.2 Å². The third-order valence-corrected chi connectivity index (χ3v) is 3.96. The number of hydrogen-bond donors (Lipinski definition) is 1. The lowest BCUT2D eigenvalue weighted by Gasteiger charge is -2.12. The number of benzene rings is 2. The summed E-state index contributed by atoms with van der Waals surface area (Å²) in [6.45, 7) is 0.775. The zero-order valence-corrected chi connectivity index (χ0v) is 13.7. The maximum absolute atomic E-state index is 12.1. The zero-order valence-electron chi connectivity index (χ0n) is 12.2. The van der Waals surface area contributed by atoms with Crippen molar-refractivity contribution in [3.63, 3.8) is 0 Å². The maximum atomic E-state index is 12.1. The Bertz CT molecular complexity index is 703. The van der Waals surface area contributed by atoms with E-state index in [9.17, 15) is 4.79 Å². The van der Waals surface area contributed by atoms with E-state index in [-0.39, 0.29) is 5.91 Å². The topological polar surface area (TPSA) is 47.6 Å². The van der Waals surface area contributed by atoms with Crippen LogP contribution in [0.4, 0.5) is 0 Å². The molecule has 4 nitrogen and oxygen atoms in total. The van der Waals surface area contributed by atoms with E-state index in [1.807, 2.05) is 6.07 Å². The Morgan fingerprint density at radius 3 is 2.70 bits per heavy atom. The van der Waals surface area contributed by atoms with Gasteiger partial charge in [-0.3, -0.25) is 4.79 Å². The standard InChI is InChI=1S/C17H15Cl2NO3/c18-12-1-4-14(5-2-12)22-8-7-20-17(21)16-10-11-9-13(19)3-6-15(11)23-16/h1-6,9,16H,7-8,10H2,(H,20,21). The molecule has 0 bridgehead atoms. The van der Waals surface area contributed by atoms with E-state index in [0.717, 1.165) is 5.56 Å². The molecule has 1 N–H and O–H groups in total. The van der Waals surface area contributed by atoms with Gasteiger partial charge in [0.05, 0.1) is 6.54 Å². The van der Waals surface area contributed by atoms with Crippen molar-refractivity contribution >= 4 is 29.1 Å². The molecule has 23 heavy (non-hydrogen) atoms. The molecule has 0 saturated heterocycles. The average molecular weight is 352 g/mol. The van der Waals surface area contributed by atoms with E-state index in [0.29, 0.717) is 41.1 Å². The number of nitrogens with one attached hydrogen (secondary N) is 1. The molecule has 1 unspecified atom stereocenters. The molecule has 0 spiro atoms. The van der Waals surface area contributed by atoms with Crippen LogP contribution in [0.2, 0.25) is 10.0 Å². The van der Waals surface area contributed by atoms with E-state index in [2.05, 4.69) is 5.32 Å². The molecule has 2 aromatic carbocycles.